The summed E-state index contributed by atoms with van der Waals surface area (Å²) >= 11 is 0. The second-order valence-corrected chi connectivity index (χ2v) is 6.66. The van der Waals surface area contributed by atoms with E-state index in [1.807, 2.05) is 48.7 Å². The number of fused-ring (bicyclic) bond motifs is 2. The standard InChI is InChI=1S/C21H22N2O3/c1-25-19-11-16-13-23-10-6-5-9-18(23)21(24)22-17(16)12-20(19)26-14-15-7-3-2-4-8-15/h2-4,7-8,11-13,18H,5-6,9-10,14H2,1H3/t18-/m1/s1. The topological polar surface area (TPSA) is 51.1 Å². The molecular weight excluding hydrogens is 328 g/mol. The summed E-state index contributed by atoms with van der Waals surface area (Å²) in [6, 6.07) is 13.5. The molecule has 0 aromatic heterocycles. The summed E-state index contributed by atoms with van der Waals surface area (Å²) in [7, 11) is 1.62. The number of benzene rings is 2. The number of rotatable bonds is 4. The van der Waals surface area contributed by atoms with Crippen molar-refractivity contribution in [2.75, 3.05) is 13.7 Å². The maximum absolute atomic E-state index is 12.6. The Hall–Kier alpha value is -2.82. The Labute approximate surface area is 152 Å². The van der Waals surface area contributed by atoms with Gasteiger partial charge in [0.1, 0.15) is 12.6 Å². The number of ether oxygens (including phenoxy) is 2. The lowest BCUT2D eigenvalue weighted by Gasteiger charge is -2.31. The molecule has 0 bridgehead atoms. The fourth-order valence-corrected chi connectivity index (χ4v) is 3.52. The average molecular weight is 350 g/mol. The van der Waals surface area contributed by atoms with Crippen LogP contribution in [0, 0.1) is 0 Å². The first kappa shape index (κ1) is 16.6. The largest absolute Gasteiger partial charge is 0.493 e. The highest BCUT2D eigenvalue weighted by atomic mass is 16.5. The zero-order valence-electron chi connectivity index (χ0n) is 14.9. The normalized spacial score (nSPS) is 18.7. The zero-order valence-corrected chi connectivity index (χ0v) is 14.9. The Morgan fingerprint density at radius 3 is 2.81 bits per heavy atom. The molecule has 2 aliphatic rings. The van der Waals surface area contributed by atoms with E-state index in [1.165, 1.54) is 0 Å². The molecule has 0 spiro atoms. The van der Waals surface area contributed by atoms with Crippen molar-refractivity contribution in [2.45, 2.75) is 31.9 Å². The molecule has 0 unspecified atom stereocenters. The van der Waals surface area contributed by atoms with E-state index in [4.69, 9.17) is 9.47 Å². The van der Waals surface area contributed by atoms with Crippen molar-refractivity contribution in [3.05, 3.63) is 58.6 Å². The van der Waals surface area contributed by atoms with Crippen LogP contribution in [0.15, 0.2) is 47.5 Å². The van der Waals surface area contributed by atoms with Gasteiger partial charge in [-0.3, -0.25) is 4.79 Å². The second-order valence-electron chi connectivity index (χ2n) is 6.66. The zero-order chi connectivity index (χ0) is 17.9. The third-order valence-electron chi connectivity index (χ3n) is 4.91. The molecule has 0 aliphatic carbocycles. The van der Waals surface area contributed by atoms with Gasteiger partial charge in [-0.05, 0) is 30.9 Å². The quantitative estimate of drug-likeness (QED) is 0.847. The molecule has 5 nitrogen and oxygen atoms in total. The van der Waals surface area contributed by atoms with Crippen molar-refractivity contribution < 1.29 is 14.3 Å². The molecule has 26 heavy (non-hydrogen) atoms. The van der Waals surface area contributed by atoms with Gasteiger partial charge in [-0.25, -0.2) is 4.99 Å². The Kier molecular flexibility index (Phi) is 4.61. The Balaban J connectivity index is 1.71. The van der Waals surface area contributed by atoms with Crippen LogP contribution in [0.1, 0.15) is 24.8 Å². The van der Waals surface area contributed by atoms with Crippen LogP contribution in [0.2, 0.25) is 0 Å². The fraction of sp³-hybridized carbons (Fsp3) is 0.333. The second kappa shape index (κ2) is 7.20. The minimum atomic E-state index is -0.143. The molecule has 1 amide bonds. The maximum Gasteiger partial charge on any atom is 0.268 e. The van der Waals surface area contributed by atoms with Crippen molar-refractivity contribution in [1.82, 2.24) is 4.90 Å². The number of piperidine rings is 1. The number of carbonyl (C=O) groups is 1. The van der Waals surface area contributed by atoms with Crippen LogP contribution in [-0.4, -0.2) is 30.5 Å². The Morgan fingerprint density at radius 1 is 1.15 bits per heavy atom. The van der Waals surface area contributed by atoms with Crippen molar-refractivity contribution in [2.24, 2.45) is 4.99 Å². The molecule has 134 valence electrons. The van der Waals surface area contributed by atoms with Gasteiger partial charge < -0.3 is 14.4 Å². The summed E-state index contributed by atoms with van der Waals surface area (Å²) < 4.78 is 11.5. The molecule has 4 rings (SSSR count). The van der Waals surface area contributed by atoms with E-state index in [0.29, 0.717) is 23.5 Å². The van der Waals surface area contributed by atoms with Crippen LogP contribution in [0.5, 0.6) is 11.5 Å². The van der Waals surface area contributed by atoms with Crippen molar-refractivity contribution in [1.29, 1.82) is 0 Å². The van der Waals surface area contributed by atoms with E-state index in [1.54, 1.807) is 7.11 Å². The number of nitrogens with zero attached hydrogens (tertiary/aromatic N) is 2. The van der Waals surface area contributed by atoms with Crippen molar-refractivity contribution in [3.8, 4) is 11.5 Å². The molecule has 0 saturated carbocycles. The van der Waals surface area contributed by atoms with Crippen LogP contribution in [0.25, 0.3) is 6.20 Å². The summed E-state index contributed by atoms with van der Waals surface area (Å²) in [6.45, 7) is 1.32. The number of carbonyl (C=O) groups excluding carboxylic acids is 1. The smallest absolute Gasteiger partial charge is 0.268 e. The van der Waals surface area contributed by atoms with E-state index in [9.17, 15) is 4.79 Å². The molecular formula is C21H22N2O3. The Morgan fingerprint density at radius 2 is 2.00 bits per heavy atom. The van der Waals surface area contributed by atoms with Gasteiger partial charge in [-0.15, -0.1) is 0 Å². The first-order valence-corrected chi connectivity index (χ1v) is 8.99. The van der Waals surface area contributed by atoms with Crippen LogP contribution >= 0.6 is 0 Å². The van der Waals surface area contributed by atoms with Crippen LogP contribution in [0.4, 0.5) is 0 Å². The van der Waals surface area contributed by atoms with Gasteiger partial charge in [0.2, 0.25) is 0 Å². The first-order valence-electron chi connectivity index (χ1n) is 8.99. The number of hydrogen-bond acceptors (Lipinski definition) is 4. The highest BCUT2D eigenvalue weighted by Crippen LogP contribution is 2.25. The number of hydrogen-bond donors (Lipinski definition) is 0. The predicted molar refractivity (Wildman–Crippen MR) is 98.4 cm³/mol. The summed E-state index contributed by atoms with van der Waals surface area (Å²) in [6.07, 6.45) is 5.07. The summed E-state index contributed by atoms with van der Waals surface area (Å²) in [5, 5.41) is 1.54. The van der Waals surface area contributed by atoms with Gasteiger partial charge in [0.05, 0.1) is 12.5 Å². The molecule has 1 saturated heterocycles. The molecule has 5 heteroatoms. The lowest BCUT2D eigenvalue weighted by atomic mass is 10.0. The highest BCUT2D eigenvalue weighted by molar-refractivity contribution is 5.84. The van der Waals surface area contributed by atoms with Gasteiger partial charge in [0.15, 0.2) is 11.5 Å². The first-order chi connectivity index (χ1) is 12.7. The third-order valence-corrected chi connectivity index (χ3v) is 4.91. The predicted octanol–water partition coefficient (Wildman–Crippen LogP) is 2.03. The summed E-state index contributed by atoms with van der Waals surface area (Å²) in [5.74, 6) is 1.17. The monoisotopic (exact) mass is 350 g/mol. The van der Waals surface area contributed by atoms with Gasteiger partial charge >= 0.3 is 0 Å². The summed E-state index contributed by atoms with van der Waals surface area (Å²) in [4.78, 5) is 19.0. The highest BCUT2D eigenvalue weighted by Gasteiger charge is 2.28. The third kappa shape index (κ3) is 3.29. The molecule has 2 aliphatic heterocycles. The van der Waals surface area contributed by atoms with E-state index < -0.39 is 0 Å². The minimum absolute atomic E-state index is 0.0705. The molecule has 0 N–H and O–H groups in total. The van der Waals surface area contributed by atoms with E-state index in [0.717, 1.165) is 36.6 Å². The van der Waals surface area contributed by atoms with Crippen LogP contribution < -0.4 is 20.0 Å². The lowest BCUT2D eigenvalue weighted by molar-refractivity contribution is -0.122. The van der Waals surface area contributed by atoms with Gasteiger partial charge in [-0.1, -0.05) is 30.3 Å². The maximum atomic E-state index is 12.6. The molecule has 0 radical (unpaired) electrons. The minimum Gasteiger partial charge on any atom is -0.493 e. The molecule has 2 aromatic carbocycles. The molecule has 2 heterocycles. The van der Waals surface area contributed by atoms with Crippen molar-refractivity contribution in [3.63, 3.8) is 0 Å². The summed E-state index contributed by atoms with van der Waals surface area (Å²) in [5.41, 5.74) is 1.07. The van der Waals surface area contributed by atoms with Crippen LogP contribution in [0.3, 0.4) is 0 Å². The van der Waals surface area contributed by atoms with Gasteiger partial charge in [0.25, 0.3) is 5.91 Å². The van der Waals surface area contributed by atoms with Gasteiger partial charge in [0, 0.05) is 24.0 Å². The molecule has 1 atom stereocenters. The van der Waals surface area contributed by atoms with E-state index in [2.05, 4.69) is 9.89 Å². The Bertz CT molecular complexity index is 924. The van der Waals surface area contributed by atoms with E-state index >= 15 is 0 Å². The van der Waals surface area contributed by atoms with E-state index in [-0.39, 0.29) is 11.9 Å². The van der Waals surface area contributed by atoms with Crippen molar-refractivity contribution >= 4 is 12.1 Å². The number of methoxy groups -OCH3 is 1. The SMILES string of the molecule is COc1cc2c(cc1OCc1ccccc1)=NC(=O)[C@H]1CCCCN1C=2. The lowest BCUT2D eigenvalue weighted by Crippen LogP contribution is -2.40. The average Bonchev–Trinajstić information content (AvgIpc) is 2.82. The number of amides is 1. The molecule has 1 fully saturated rings. The van der Waals surface area contributed by atoms with Gasteiger partial charge in [-0.2, -0.15) is 0 Å². The van der Waals surface area contributed by atoms with Crippen LogP contribution in [-0.2, 0) is 11.4 Å². The fourth-order valence-electron chi connectivity index (χ4n) is 3.52. The molecule has 2 aromatic rings.